The molecule has 1 fully saturated rings. The van der Waals surface area contributed by atoms with Crippen molar-refractivity contribution in [2.45, 2.75) is 23.9 Å². The minimum absolute atomic E-state index is 0.164. The largest absolute Gasteiger partial charge is 0.468 e. The average Bonchev–Trinajstić information content (AvgIpc) is 2.86. The van der Waals surface area contributed by atoms with Gasteiger partial charge in [0.05, 0.1) is 20.4 Å². The minimum atomic E-state index is -1.85. The van der Waals surface area contributed by atoms with E-state index in [1.54, 1.807) is 54.6 Å². The molecule has 0 aliphatic carbocycles. The fourth-order valence-corrected chi connectivity index (χ4v) is 4.88. The van der Waals surface area contributed by atoms with Crippen LogP contribution in [0.2, 0.25) is 0 Å². The second kappa shape index (κ2) is 7.82. The highest BCUT2D eigenvalue weighted by Gasteiger charge is 2.69. The van der Waals surface area contributed by atoms with Crippen molar-refractivity contribution >= 4 is 18.2 Å². The third kappa shape index (κ3) is 2.70. The fraction of sp³-hybridized carbons (Fsp3) is 0.292. The molecule has 160 valence electrons. The number of fused-ring (bicyclic) bond motifs is 3. The highest BCUT2D eigenvalue weighted by Crippen LogP contribution is 2.59. The zero-order valence-corrected chi connectivity index (χ0v) is 17.6. The van der Waals surface area contributed by atoms with Crippen LogP contribution in [-0.4, -0.2) is 42.9 Å². The number of carbonyl (C=O) groups is 2. The van der Waals surface area contributed by atoms with E-state index in [0.717, 1.165) is 0 Å². The summed E-state index contributed by atoms with van der Waals surface area (Å²) in [6, 6.07) is 19.2. The van der Waals surface area contributed by atoms with Gasteiger partial charge in [-0.3, -0.25) is 14.6 Å². The number of rotatable bonds is 3. The van der Waals surface area contributed by atoms with E-state index in [4.69, 9.17) is 9.47 Å². The number of esters is 2. The second-order valence-electron chi connectivity index (χ2n) is 7.73. The number of nitrogens with zero attached hydrogens (tertiary/aromatic N) is 4. The molecular formula is C24H20N4O4. The van der Waals surface area contributed by atoms with Crippen LogP contribution in [0.5, 0.6) is 0 Å². The molecule has 0 unspecified atom stereocenters. The maximum Gasteiger partial charge on any atom is 0.325 e. The molecule has 0 spiro atoms. The molecule has 32 heavy (non-hydrogen) atoms. The van der Waals surface area contributed by atoms with Gasteiger partial charge in [-0.15, -0.1) is 0 Å². The molecule has 2 aromatic carbocycles. The molecular weight excluding hydrogens is 408 g/mol. The average molecular weight is 428 g/mol. The number of benzene rings is 2. The lowest BCUT2D eigenvalue weighted by Gasteiger charge is -2.54. The Balaban J connectivity index is 2.08. The molecule has 1 saturated heterocycles. The van der Waals surface area contributed by atoms with Crippen molar-refractivity contribution in [1.82, 2.24) is 5.01 Å². The summed E-state index contributed by atoms with van der Waals surface area (Å²) in [5.74, 6) is -2.47. The van der Waals surface area contributed by atoms with Crippen LogP contribution in [0.25, 0.3) is 0 Å². The number of methoxy groups -OCH3 is 2. The SMILES string of the molecule is COC(=O)C1(C(=O)OC)C[C@H](c2ccccc2)C(C#N)(C#N)N2N=Cc3ccccc3[C@H]21. The molecule has 0 bridgehead atoms. The lowest BCUT2D eigenvalue weighted by molar-refractivity contribution is -0.184. The van der Waals surface area contributed by atoms with Gasteiger partial charge in [0, 0.05) is 5.92 Å². The van der Waals surface area contributed by atoms with Gasteiger partial charge < -0.3 is 9.47 Å². The van der Waals surface area contributed by atoms with Gasteiger partial charge in [0.2, 0.25) is 5.54 Å². The highest BCUT2D eigenvalue weighted by atomic mass is 16.5. The molecule has 0 saturated carbocycles. The minimum Gasteiger partial charge on any atom is -0.468 e. The molecule has 4 rings (SSSR count). The van der Waals surface area contributed by atoms with Crippen LogP contribution in [0.1, 0.15) is 35.1 Å². The molecule has 8 heteroatoms. The summed E-state index contributed by atoms with van der Waals surface area (Å²) in [6.45, 7) is 0. The molecule has 2 aromatic rings. The molecule has 8 nitrogen and oxygen atoms in total. The van der Waals surface area contributed by atoms with Crippen molar-refractivity contribution in [2.24, 2.45) is 10.5 Å². The van der Waals surface area contributed by atoms with Crippen molar-refractivity contribution in [3.8, 4) is 12.1 Å². The number of hydrazone groups is 1. The van der Waals surface area contributed by atoms with E-state index < -0.39 is 34.9 Å². The molecule has 2 aliphatic rings. The molecule has 0 amide bonds. The van der Waals surface area contributed by atoms with E-state index in [0.29, 0.717) is 16.7 Å². The third-order valence-corrected chi connectivity index (χ3v) is 6.36. The van der Waals surface area contributed by atoms with Gasteiger partial charge in [-0.2, -0.15) is 15.6 Å². The Morgan fingerprint density at radius 3 is 2.19 bits per heavy atom. The van der Waals surface area contributed by atoms with Gasteiger partial charge in [-0.1, -0.05) is 54.6 Å². The topological polar surface area (TPSA) is 116 Å². The van der Waals surface area contributed by atoms with E-state index in [1.165, 1.54) is 25.4 Å². The lowest BCUT2D eigenvalue weighted by atomic mass is 9.59. The predicted molar refractivity (Wildman–Crippen MR) is 113 cm³/mol. The Labute approximate surface area is 185 Å². The van der Waals surface area contributed by atoms with E-state index >= 15 is 0 Å². The molecule has 2 heterocycles. The van der Waals surface area contributed by atoms with Gasteiger partial charge in [-0.25, -0.2) is 0 Å². The number of hydrogen-bond acceptors (Lipinski definition) is 8. The number of carbonyl (C=O) groups excluding carboxylic acids is 2. The van der Waals surface area contributed by atoms with Gasteiger partial charge in [0.15, 0.2) is 5.41 Å². The molecule has 2 atom stereocenters. The van der Waals surface area contributed by atoms with Crippen LogP contribution in [0.4, 0.5) is 0 Å². The Kier molecular flexibility index (Phi) is 5.15. The van der Waals surface area contributed by atoms with Gasteiger partial charge in [-0.05, 0) is 23.1 Å². The summed E-state index contributed by atoms with van der Waals surface area (Å²) >= 11 is 0. The summed E-state index contributed by atoms with van der Waals surface area (Å²) in [6.07, 6.45) is 1.37. The van der Waals surface area contributed by atoms with E-state index in [-0.39, 0.29) is 6.42 Å². The first-order valence-corrected chi connectivity index (χ1v) is 9.96. The molecule has 0 N–H and O–H groups in total. The highest BCUT2D eigenvalue weighted by molar-refractivity contribution is 6.02. The second-order valence-corrected chi connectivity index (χ2v) is 7.73. The number of ether oxygens (including phenoxy) is 2. The Hall–Kier alpha value is -4.17. The third-order valence-electron chi connectivity index (χ3n) is 6.36. The molecule has 0 radical (unpaired) electrons. The van der Waals surface area contributed by atoms with E-state index in [9.17, 15) is 20.1 Å². The van der Waals surface area contributed by atoms with Crippen molar-refractivity contribution < 1.29 is 19.1 Å². The molecule has 2 aliphatic heterocycles. The Morgan fingerprint density at radius 1 is 1.00 bits per heavy atom. The summed E-state index contributed by atoms with van der Waals surface area (Å²) in [4.78, 5) is 26.7. The normalized spacial score (nSPS) is 21.8. The standard InChI is InChI=1S/C24H20N4O4/c1-31-21(29)24(22(30)32-2)12-19(16-8-4-3-5-9-16)23(14-25,15-26)28-20(24)18-11-7-6-10-17(18)13-27-28/h3-11,13,19-20H,12H2,1-2H3/t19-,20+/m1/s1. The number of piperidine rings is 1. The summed E-state index contributed by atoms with van der Waals surface area (Å²) < 4.78 is 10.2. The first-order valence-electron chi connectivity index (χ1n) is 9.96. The zero-order valence-electron chi connectivity index (χ0n) is 17.6. The monoisotopic (exact) mass is 428 g/mol. The van der Waals surface area contributed by atoms with Gasteiger partial charge in [0.25, 0.3) is 0 Å². The van der Waals surface area contributed by atoms with Crippen LogP contribution in [0.15, 0.2) is 59.7 Å². The van der Waals surface area contributed by atoms with Gasteiger partial charge in [0.1, 0.15) is 18.2 Å². The summed E-state index contributed by atoms with van der Waals surface area (Å²) in [7, 11) is 2.40. The quantitative estimate of drug-likeness (QED) is 0.545. The maximum atomic E-state index is 13.4. The van der Waals surface area contributed by atoms with Crippen LogP contribution in [0, 0.1) is 28.1 Å². The van der Waals surface area contributed by atoms with Crippen LogP contribution in [-0.2, 0) is 19.1 Å². The maximum absolute atomic E-state index is 13.4. The number of nitriles is 2. The lowest BCUT2D eigenvalue weighted by Crippen LogP contribution is -2.65. The molecule has 0 aromatic heterocycles. The van der Waals surface area contributed by atoms with Crippen LogP contribution >= 0.6 is 0 Å². The summed E-state index contributed by atoms with van der Waals surface area (Å²) in [5.41, 5.74) is -1.75. The van der Waals surface area contributed by atoms with Crippen LogP contribution in [0.3, 0.4) is 0 Å². The first-order chi connectivity index (χ1) is 15.5. The smallest absolute Gasteiger partial charge is 0.325 e. The van der Waals surface area contributed by atoms with Crippen molar-refractivity contribution in [1.29, 1.82) is 10.5 Å². The summed E-state index contributed by atoms with van der Waals surface area (Å²) in [5, 5.41) is 26.3. The van der Waals surface area contributed by atoms with Crippen molar-refractivity contribution in [2.75, 3.05) is 14.2 Å². The Morgan fingerprint density at radius 2 is 1.59 bits per heavy atom. The van der Waals surface area contributed by atoms with Crippen LogP contribution < -0.4 is 0 Å². The fourth-order valence-electron chi connectivity index (χ4n) is 4.88. The predicted octanol–water partition coefficient (Wildman–Crippen LogP) is 2.68. The van der Waals surface area contributed by atoms with Gasteiger partial charge >= 0.3 is 11.9 Å². The van der Waals surface area contributed by atoms with Crippen molar-refractivity contribution in [3.05, 3.63) is 71.3 Å². The van der Waals surface area contributed by atoms with Crippen molar-refractivity contribution in [3.63, 3.8) is 0 Å². The first kappa shape index (κ1) is 21.1. The zero-order chi connectivity index (χ0) is 22.9. The Bertz CT molecular complexity index is 1150. The van der Waals surface area contributed by atoms with E-state index in [2.05, 4.69) is 17.2 Å². The van der Waals surface area contributed by atoms with E-state index in [1.807, 2.05) is 0 Å². The number of hydrogen-bond donors (Lipinski definition) is 0.